The van der Waals surface area contributed by atoms with Gasteiger partial charge in [-0.15, -0.1) is 0 Å². The third kappa shape index (κ3) is 14.5. The average Bonchev–Trinajstić information content (AvgIpc) is 1.52. The van der Waals surface area contributed by atoms with Gasteiger partial charge in [-0.2, -0.15) is 0 Å². The molecule has 0 radical (unpaired) electrons. The molecule has 23 rings (SSSR count). The van der Waals surface area contributed by atoms with E-state index in [0.29, 0.717) is 0 Å². The van der Waals surface area contributed by atoms with Crippen LogP contribution >= 0.6 is 0 Å². The molecule has 0 fully saturated rings. The summed E-state index contributed by atoms with van der Waals surface area (Å²) in [4.78, 5) is 5.75. The number of hydrogen-bond donors (Lipinski definition) is 0. The molecule has 19 aromatic carbocycles. The maximum Gasteiger partial charge on any atom is 0.252 e. The molecule has 718 valence electrons. The van der Waals surface area contributed by atoms with Gasteiger partial charge in [-0.3, -0.25) is 0 Å². The lowest BCUT2D eigenvalue weighted by Gasteiger charge is -2.47. The molecule has 0 saturated carbocycles. The van der Waals surface area contributed by atoms with Crippen molar-refractivity contribution < 1.29 is 0 Å². The Morgan fingerprint density at radius 2 is 0.406 bits per heavy atom. The normalized spacial score (nSPS) is 14.1. The van der Waals surface area contributed by atoms with Crippen molar-refractivity contribution in [3.8, 4) is 55.9 Å². The number of rotatable bonds is 8. The van der Waals surface area contributed by atoms with Crippen LogP contribution in [0.4, 0.5) is 34.1 Å². The quantitative estimate of drug-likeness (QED) is 0.0856. The Hall–Kier alpha value is -13.0. The third-order valence-electron chi connectivity index (χ3n) is 32.8. The van der Waals surface area contributed by atoms with Gasteiger partial charge in [-0.1, -0.05) is 410 Å². The van der Waals surface area contributed by atoms with Crippen molar-refractivity contribution in [2.24, 2.45) is 0 Å². The Kier molecular flexibility index (Phi) is 20.2. The second-order valence-electron chi connectivity index (χ2n) is 54.3. The van der Waals surface area contributed by atoms with Crippen molar-refractivity contribution in [1.29, 1.82) is 0 Å². The van der Waals surface area contributed by atoms with Crippen LogP contribution in [0.15, 0.2) is 267 Å². The molecule has 0 aliphatic carbocycles. The molecular weight excluding hydrogens is 1720 g/mol. The minimum Gasteiger partial charge on any atom is -0.310 e. The highest BCUT2D eigenvalue weighted by atomic mass is 15.2. The van der Waals surface area contributed by atoms with Gasteiger partial charge in [0, 0.05) is 77.9 Å². The van der Waals surface area contributed by atoms with Crippen LogP contribution in [0.1, 0.15) is 290 Å². The number of anilines is 6. The second kappa shape index (κ2) is 30.8. The highest BCUT2D eigenvalue weighted by Gasteiger charge is 2.48. The molecule has 5 heteroatoms. The minimum absolute atomic E-state index is 0.179. The fourth-order valence-electron chi connectivity index (χ4n) is 25.0. The van der Waals surface area contributed by atoms with E-state index < -0.39 is 5.41 Å². The third-order valence-corrected chi connectivity index (χ3v) is 32.8. The van der Waals surface area contributed by atoms with Crippen LogP contribution in [0, 0.1) is 0 Å². The molecule has 0 amide bonds. The first-order valence-corrected chi connectivity index (χ1v) is 52.8. The lowest BCUT2D eigenvalue weighted by atomic mass is 9.33. The highest BCUT2D eigenvalue weighted by Crippen LogP contribution is 2.61. The Morgan fingerprint density at radius 1 is 0.182 bits per heavy atom. The lowest BCUT2D eigenvalue weighted by molar-refractivity contribution is 0.589. The van der Waals surface area contributed by atoms with Gasteiger partial charge in [0.1, 0.15) is 0 Å². The molecule has 0 unspecified atom stereocenters. The van der Waals surface area contributed by atoms with Gasteiger partial charge in [0.15, 0.2) is 0 Å². The summed E-state index contributed by atoms with van der Waals surface area (Å²) in [6.45, 7) is 79.3. The minimum atomic E-state index is -0.432. The predicted octanol–water partition coefficient (Wildman–Crippen LogP) is 37.6. The number of fused-ring (bicyclic) bond motifs is 6. The summed E-state index contributed by atoms with van der Waals surface area (Å²) in [5.41, 5.74) is 39.0. The fourth-order valence-corrected chi connectivity index (χ4v) is 25.0. The first-order chi connectivity index (χ1) is 66.9. The van der Waals surface area contributed by atoms with Gasteiger partial charge in [0.05, 0.1) is 33.4 Å². The molecule has 0 spiro atoms. The maximum absolute atomic E-state index is 2.88. The van der Waals surface area contributed by atoms with Crippen LogP contribution in [-0.4, -0.2) is 15.8 Å². The molecule has 0 N–H and O–H groups in total. The Morgan fingerprint density at radius 3 is 0.636 bits per heavy atom. The molecular formula is C138H143BN4. The van der Waals surface area contributed by atoms with Crippen molar-refractivity contribution in [3.05, 3.63) is 328 Å². The molecule has 0 atom stereocenters. The number of aromatic nitrogens is 2. The molecule has 21 aromatic rings. The van der Waals surface area contributed by atoms with Crippen LogP contribution in [0.5, 0.6) is 0 Å². The summed E-state index contributed by atoms with van der Waals surface area (Å²) >= 11 is 0. The average molecular weight is 1870 g/mol. The van der Waals surface area contributed by atoms with Crippen LogP contribution in [0.2, 0.25) is 0 Å². The first kappa shape index (κ1) is 93.7. The van der Waals surface area contributed by atoms with E-state index in [1.807, 2.05) is 0 Å². The maximum atomic E-state index is 2.88. The molecule has 4 heterocycles. The Bertz CT molecular complexity index is 7980. The van der Waals surface area contributed by atoms with Gasteiger partial charge in [-0.05, 0) is 309 Å². The van der Waals surface area contributed by atoms with Gasteiger partial charge in [-0.25, -0.2) is 0 Å². The predicted molar refractivity (Wildman–Crippen MR) is 626 cm³/mol. The number of hydrogen-bond acceptors (Lipinski definition) is 2. The van der Waals surface area contributed by atoms with Crippen LogP contribution in [0.25, 0.3) is 164 Å². The van der Waals surface area contributed by atoms with E-state index in [-0.39, 0.29) is 60.9 Å². The van der Waals surface area contributed by atoms with E-state index >= 15 is 0 Å². The van der Waals surface area contributed by atoms with Gasteiger partial charge in [0.2, 0.25) is 0 Å². The Balaban J connectivity index is 0.951. The molecule has 4 nitrogen and oxygen atoms in total. The monoisotopic (exact) mass is 1870 g/mol. The van der Waals surface area contributed by atoms with E-state index in [0.717, 1.165) is 45.5 Å². The lowest BCUT2D eigenvalue weighted by Crippen LogP contribution is -2.61. The van der Waals surface area contributed by atoms with Crippen molar-refractivity contribution in [1.82, 2.24) is 9.13 Å². The SMILES string of the molecule is CC(C)(C)c1cccc(-c2cc(C(C)(C)C)cc(-c3cccc(C(C)(C)C)c3)c2N2c3cc(-n4c5cc(C(C)(C)C)c6cccc7c8cccc9c(C(C)(C)C)cc4c(c98)c5c67)ccc3B3c4ccc(-n5c6cc(C(C)(C)C)c7cccc8c9cccc%10c(C(C)(C)C)cc5c(c%109)c6c78)cc4N(c4c(-c5cccc(C(C)(C)C)c5)cc(C(C)(C)C)cc4-c4cccc(C(C)(C)C)c4)c4cc(C(C)(C)C)cc2c43)c1. The molecule has 2 aliphatic rings. The van der Waals surface area contributed by atoms with E-state index in [1.54, 1.807) is 0 Å². The first-order valence-electron chi connectivity index (χ1n) is 52.8. The van der Waals surface area contributed by atoms with Crippen LogP contribution in [-0.2, 0) is 59.6 Å². The summed E-state index contributed by atoms with van der Waals surface area (Å²) in [6, 6.07) is 110. The summed E-state index contributed by atoms with van der Waals surface area (Å²) in [5.74, 6) is 0. The highest BCUT2D eigenvalue weighted by molar-refractivity contribution is 7.00. The number of nitrogens with zero attached hydrogens (tertiary/aromatic N) is 4. The van der Waals surface area contributed by atoms with Crippen molar-refractivity contribution in [3.63, 3.8) is 0 Å². The van der Waals surface area contributed by atoms with Gasteiger partial charge >= 0.3 is 0 Å². The zero-order valence-electron chi connectivity index (χ0n) is 91.3. The van der Waals surface area contributed by atoms with E-state index in [4.69, 9.17) is 0 Å². The Labute approximate surface area is 850 Å². The van der Waals surface area contributed by atoms with E-state index in [9.17, 15) is 0 Å². The van der Waals surface area contributed by atoms with Crippen molar-refractivity contribution >= 4 is 165 Å². The van der Waals surface area contributed by atoms with Crippen LogP contribution < -0.4 is 26.2 Å². The van der Waals surface area contributed by atoms with Gasteiger partial charge < -0.3 is 18.9 Å². The second-order valence-corrected chi connectivity index (χ2v) is 54.3. The van der Waals surface area contributed by atoms with Gasteiger partial charge in [0.25, 0.3) is 6.71 Å². The van der Waals surface area contributed by atoms with Crippen LogP contribution in [0.3, 0.4) is 0 Å². The summed E-state index contributed by atoms with van der Waals surface area (Å²) < 4.78 is 5.49. The smallest absolute Gasteiger partial charge is 0.252 e. The number of benzene rings is 19. The molecule has 143 heavy (non-hydrogen) atoms. The summed E-state index contributed by atoms with van der Waals surface area (Å²) in [7, 11) is 0. The summed E-state index contributed by atoms with van der Waals surface area (Å²) in [6.07, 6.45) is 0. The molecule has 0 bridgehead atoms. The standard InChI is InChI=1S/C138H143BN4/c1-128(2,3)82-46-34-42-78(62-82)99-66-86(132(13,14)15)67-100(79-43-35-47-83(63-79)129(4,5)6)126(99)142-109-72-89(140-111-74-103(135(22,23)24)95-54-38-50-91-92-51-39-55-96-104(136(25,26)27)75-112(140)122(118(92)96)121(111)117(91)95)58-60-107(109)139-108-61-59-90(141-113-76-105(137(28,29)30)97-56-40-52-93-94-53-41-57-98-106(138(31,32)33)77-114(141)124(120(94)98)123(113)119(93)97)73-110(108)143(116-71-88(134(19,20)21)70-115(142)125(116)139)127-101(80-44-36-48-84(64-80)130(7,8)9)68-87(133(16,17)18)69-102(127)81-45-37-49-85(65-81)131(10,11)12/h34-77H,1-33H3. The van der Waals surface area contributed by atoms with Crippen molar-refractivity contribution in [2.45, 2.75) is 288 Å². The van der Waals surface area contributed by atoms with E-state index in [1.165, 1.54) is 230 Å². The molecule has 0 saturated heterocycles. The molecule has 2 aromatic heterocycles. The summed E-state index contributed by atoms with van der Waals surface area (Å²) in [5, 5.41) is 21.3. The largest absolute Gasteiger partial charge is 0.310 e. The van der Waals surface area contributed by atoms with Crippen molar-refractivity contribution in [2.75, 3.05) is 9.80 Å². The fraction of sp³-hybridized carbons (Fsp3) is 0.319. The topological polar surface area (TPSA) is 16.3 Å². The van der Waals surface area contributed by atoms with E-state index in [2.05, 4.69) is 514 Å². The zero-order chi connectivity index (χ0) is 101. The zero-order valence-corrected chi connectivity index (χ0v) is 91.3. The molecule has 2 aliphatic heterocycles.